The van der Waals surface area contributed by atoms with Gasteiger partial charge in [-0.05, 0) is 30.7 Å². The predicted molar refractivity (Wildman–Crippen MR) is 121 cm³/mol. The van der Waals surface area contributed by atoms with Gasteiger partial charge in [0.1, 0.15) is 17.5 Å². The Labute approximate surface area is 204 Å². The number of carbonyl (C=O) groups is 1. The number of aromatic nitrogens is 3. The highest BCUT2D eigenvalue weighted by atomic mass is 19.4. The molecule has 1 saturated heterocycles. The molecule has 0 aliphatic carbocycles. The molecule has 0 spiro atoms. The van der Waals surface area contributed by atoms with Crippen LogP contribution in [-0.4, -0.2) is 40.2 Å². The molecule has 36 heavy (non-hydrogen) atoms. The van der Waals surface area contributed by atoms with Gasteiger partial charge in [-0.15, -0.1) is 0 Å². The lowest BCUT2D eigenvalue weighted by atomic mass is 9.83. The molecule has 1 aliphatic heterocycles. The minimum absolute atomic E-state index is 0.00233. The second-order valence-electron chi connectivity index (χ2n) is 8.80. The number of ether oxygens (including phenoxy) is 1. The van der Waals surface area contributed by atoms with Crippen LogP contribution in [0.15, 0.2) is 42.9 Å². The quantitative estimate of drug-likeness (QED) is 0.438. The smallest absolute Gasteiger partial charge is 0.381 e. The molecule has 2 aromatic heterocycles. The average molecular weight is 506 g/mol. The van der Waals surface area contributed by atoms with Crippen molar-refractivity contribution >= 4 is 11.6 Å². The zero-order valence-corrected chi connectivity index (χ0v) is 19.4. The van der Waals surface area contributed by atoms with Crippen LogP contribution in [0.2, 0.25) is 0 Å². The number of hydrogen-bond acceptors (Lipinski definition) is 5. The zero-order valence-electron chi connectivity index (χ0n) is 19.4. The molecule has 1 aromatic carbocycles. The van der Waals surface area contributed by atoms with Crippen molar-refractivity contribution in [3.05, 3.63) is 71.6 Å². The lowest BCUT2D eigenvalue weighted by Crippen LogP contribution is -2.38. The summed E-state index contributed by atoms with van der Waals surface area (Å²) in [6.07, 6.45) is -0.823. The van der Waals surface area contributed by atoms with Crippen molar-refractivity contribution in [3.63, 3.8) is 0 Å². The minimum atomic E-state index is -4.60. The number of pyridine rings is 1. The molecule has 11 heteroatoms. The largest absolute Gasteiger partial charge is 0.394 e. The van der Waals surface area contributed by atoms with E-state index < -0.39 is 42.2 Å². The van der Waals surface area contributed by atoms with Crippen LogP contribution in [0.1, 0.15) is 54.0 Å². The van der Waals surface area contributed by atoms with E-state index in [0.29, 0.717) is 5.82 Å². The Kier molecular flexibility index (Phi) is 7.30. The van der Waals surface area contributed by atoms with E-state index in [0.717, 1.165) is 18.2 Å². The molecule has 3 heterocycles. The summed E-state index contributed by atoms with van der Waals surface area (Å²) in [5, 5.41) is 2.58. The van der Waals surface area contributed by atoms with Gasteiger partial charge in [0.15, 0.2) is 0 Å². The van der Waals surface area contributed by atoms with Gasteiger partial charge in [-0.1, -0.05) is 13.8 Å². The molecule has 2 atom stereocenters. The number of hydrogen-bond donors (Lipinski definition) is 1. The van der Waals surface area contributed by atoms with E-state index in [1.54, 1.807) is 0 Å². The third kappa shape index (κ3) is 5.35. The molecule has 1 N–H and O–H groups in total. The van der Waals surface area contributed by atoms with Crippen molar-refractivity contribution in [3.8, 4) is 11.1 Å². The first-order chi connectivity index (χ1) is 17.1. The van der Waals surface area contributed by atoms with Gasteiger partial charge in [0.05, 0.1) is 29.5 Å². The number of alkyl halides is 3. The summed E-state index contributed by atoms with van der Waals surface area (Å²) < 4.78 is 75.4. The standard InChI is InChI=1S/C25H23F5N4O2/c1-13(2)23-32-10-14(11-33-23)24(35)34-22-16(18-9-15(26)3-4-20(18)27)5-7-31-21(22)17-6-8-36-12-19(17)25(28,29)30/h3-5,7,9-11,13,17,19H,6,8,12H2,1-2H3,(H,34,35). The summed E-state index contributed by atoms with van der Waals surface area (Å²) in [5.74, 6) is -4.84. The Morgan fingerprint density at radius 2 is 1.81 bits per heavy atom. The van der Waals surface area contributed by atoms with Gasteiger partial charge in [-0.2, -0.15) is 13.2 Å². The highest BCUT2D eigenvalue weighted by molar-refractivity contribution is 6.06. The number of halogens is 5. The maximum atomic E-state index is 14.7. The van der Waals surface area contributed by atoms with Crippen molar-refractivity contribution < 1.29 is 31.5 Å². The van der Waals surface area contributed by atoms with E-state index in [4.69, 9.17) is 4.74 Å². The number of amides is 1. The number of carbonyl (C=O) groups excluding carboxylic acids is 1. The van der Waals surface area contributed by atoms with Crippen molar-refractivity contribution in [2.24, 2.45) is 5.92 Å². The van der Waals surface area contributed by atoms with Crippen LogP contribution in [0.25, 0.3) is 11.1 Å². The second kappa shape index (κ2) is 10.3. The normalized spacial score (nSPS) is 18.3. The second-order valence-corrected chi connectivity index (χ2v) is 8.80. The first kappa shape index (κ1) is 25.6. The van der Waals surface area contributed by atoms with Gasteiger partial charge >= 0.3 is 6.18 Å². The average Bonchev–Trinajstić information content (AvgIpc) is 2.85. The van der Waals surface area contributed by atoms with Crippen molar-refractivity contribution in [1.82, 2.24) is 15.0 Å². The number of nitrogens with zero attached hydrogens (tertiary/aromatic N) is 3. The molecule has 1 amide bonds. The number of rotatable bonds is 5. The fraction of sp³-hybridized carbons (Fsp3) is 0.360. The molecule has 3 aromatic rings. The lowest BCUT2D eigenvalue weighted by molar-refractivity contribution is -0.206. The maximum absolute atomic E-state index is 14.7. The maximum Gasteiger partial charge on any atom is 0.394 e. The molecule has 6 nitrogen and oxygen atoms in total. The summed E-state index contributed by atoms with van der Waals surface area (Å²) in [6.45, 7) is 3.23. The van der Waals surface area contributed by atoms with Gasteiger partial charge in [-0.3, -0.25) is 9.78 Å². The molecule has 0 bridgehead atoms. The molecule has 0 radical (unpaired) electrons. The number of benzene rings is 1. The van der Waals surface area contributed by atoms with Gasteiger partial charge in [0, 0.05) is 48.2 Å². The molecular weight excluding hydrogens is 483 g/mol. The topological polar surface area (TPSA) is 77.0 Å². The fourth-order valence-electron chi connectivity index (χ4n) is 4.15. The Bertz CT molecular complexity index is 1250. The van der Waals surface area contributed by atoms with Gasteiger partial charge in [-0.25, -0.2) is 18.7 Å². The molecule has 4 rings (SSSR count). The molecule has 190 valence electrons. The Morgan fingerprint density at radius 1 is 1.08 bits per heavy atom. The first-order valence-electron chi connectivity index (χ1n) is 11.3. The molecule has 1 aliphatic rings. The minimum Gasteiger partial charge on any atom is -0.381 e. The van der Waals surface area contributed by atoms with Crippen molar-refractivity contribution in [2.45, 2.75) is 38.3 Å². The highest BCUT2D eigenvalue weighted by Crippen LogP contribution is 2.45. The van der Waals surface area contributed by atoms with Crippen LogP contribution in [-0.2, 0) is 4.74 Å². The van der Waals surface area contributed by atoms with E-state index in [9.17, 15) is 26.7 Å². The van der Waals surface area contributed by atoms with Crippen molar-refractivity contribution in [1.29, 1.82) is 0 Å². The summed E-state index contributed by atoms with van der Waals surface area (Å²) in [6, 6.07) is 4.06. The van der Waals surface area contributed by atoms with Crippen LogP contribution in [0.4, 0.5) is 27.6 Å². The van der Waals surface area contributed by atoms with E-state index >= 15 is 0 Å². The first-order valence-corrected chi connectivity index (χ1v) is 11.3. The van der Waals surface area contributed by atoms with E-state index in [-0.39, 0.29) is 47.0 Å². The highest BCUT2D eigenvalue weighted by Gasteiger charge is 2.48. The molecular formula is C25H23F5N4O2. The Balaban J connectivity index is 1.83. The predicted octanol–water partition coefficient (Wildman–Crippen LogP) is 5.87. The van der Waals surface area contributed by atoms with Crippen LogP contribution >= 0.6 is 0 Å². The Hall–Kier alpha value is -3.47. The number of nitrogens with one attached hydrogen (secondary N) is 1. The van der Waals surface area contributed by atoms with E-state index in [2.05, 4.69) is 20.3 Å². The third-order valence-corrected chi connectivity index (χ3v) is 6.02. The fourth-order valence-corrected chi connectivity index (χ4v) is 4.15. The van der Waals surface area contributed by atoms with E-state index in [1.165, 1.54) is 24.7 Å². The monoisotopic (exact) mass is 506 g/mol. The summed E-state index contributed by atoms with van der Waals surface area (Å²) in [7, 11) is 0. The summed E-state index contributed by atoms with van der Waals surface area (Å²) >= 11 is 0. The van der Waals surface area contributed by atoms with Crippen LogP contribution in [0.5, 0.6) is 0 Å². The zero-order chi connectivity index (χ0) is 26.0. The van der Waals surface area contributed by atoms with Gasteiger partial charge in [0.25, 0.3) is 5.91 Å². The van der Waals surface area contributed by atoms with Gasteiger partial charge in [0.2, 0.25) is 0 Å². The van der Waals surface area contributed by atoms with Crippen LogP contribution < -0.4 is 5.32 Å². The summed E-state index contributed by atoms with van der Waals surface area (Å²) in [4.78, 5) is 25.6. The SMILES string of the molecule is CC(C)c1ncc(C(=O)Nc2c(-c3cc(F)ccc3F)ccnc2C2CCOCC2C(F)(F)F)cn1. The van der Waals surface area contributed by atoms with Gasteiger partial charge < -0.3 is 10.1 Å². The lowest BCUT2D eigenvalue weighted by Gasteiger charge is -2.34. The molecule has 1 fully saturated rings. The molecule has 2 unspecified atom stereocenters. The molecule has 0 saturated carbocycles. The van der Waals surface area contributed by atoms with Crippen molar-refractivity contribution in [2.75, 3.05) is 18.5 Å². The number of anilines is 1. The third-order valence-electron chi connectivity index (χ3n) is 6.02. The van der Waals surface area contributed by atoms with Crippen LogP contribution in [0, 0.1) is 17.6 Å². The van der Waals surface area contributed by atoms with E-state index in [1.807, 2.05) is 13.8 Å². The summed E-state index contributed by atoms with van der Waals surface area (Å²) in [5.41, 5.74) is -0.413. The van der Waals surface area contributed by atoms with Crippen LogP contribution in [0.3, 0.4) is 0 Å². The Morgan fingerprint density at radius 3 is 2.47 bits per heavy atom.